The minimum absolute atomic E-state index is 0.0488. The molecule has 1 aromatic carbocycles. The molecule has 0 atom stereocenters. The average molecular weight is 260 g/mol. The summed E-state index contributed by atoms with van der Waals surface area (Å²) in [5.74, 6) is 0. The van der Waals surface area contributed by atoms with Gasteiger partial charge >= 0.3 is 6.03 Å². The van der Waals surface area contributed by atoms with Crippen LogP contribution in [0, 0.1) is 0 Å². The molecule has 0 aliphatic carbocycles. The van der Waals surface area contributed by atoms with Crippen molar-refractivity contribution in [3.05, 3.63) is 58.3 Å². The van der Waals surface area contributed by atoms with Crippen LogP contribution in [0.25, 0.3) is 0 Å². The highest BCUT2D eigenvalue weighted by Crippen LogP contribution is 2.10. The highest BCUT2D eigenvalue weighted by Gasteiger charge is 2.08. The van der Waals surface area contributed by atoms with Gasteiger partial charge in [0.15, 0.2) is 0 Å². The van der Waals surface area contributed by atoms with Crippen LogP contribution in [0.15, 0.2) is 47.8 Å². The van der Waals surface area contributed by atoms with E-state index in [-0.39, 0.29) is 6.03 Å². The van der Waals surface area contributed by atoms with Crippen LogP contribution >= 0.6 is 11.3 Å². The quantitative estimate of drug-likeness (QED) is 0.900. The van der Waals surface area contributed by atoms with E-state index in [0.717, 1.165) is 5.56 Å². The van der Waals surface area contributed by atoms with Crippen LogP contribution in [0.3, 0.4) is 0 Å². The lowest BCUT2D eigenvalue weighted by Crippen LogP contribution is -2.36. The molecule has 0 spiro atoms. The van der Waals surface area contributed by atoms with Crippen molar-refractivity contribution in [1.29, 1.82) is 0 Å². The Labute approximate surface area is 111 Å². The number of nitrogens with zero attached hydrogens (tertiary/aromatic N) is 1. The fourth-order valence-electron chi connectivity index (χ4n) is 1.62. The molecule has 2 amide bonds. The van der Waals surface area contributed by atoms with Gasteiger partial charge in [0.25, 0.3) is 0 Å². The van der Waals surface area contributed by atoms with Crippen molar-refractivity contribution < 1.29 is 4.79 Å². The molecular formula is C14H16N2OS. The molecular weight excluding hydrogens is 244 g/mol. The highest BCUT2D eigenvalue weighted by molar-refractivity contribution is 7.09. The average Bonchev–Trinajstić information content (AvgIpc) is 2.90. The van der Waals surface area contributed by atoms with E-state index in [9.17, 15) is 4.79 Å². The van der Waals surface area contributed by atoms with Crippen molar-refractivity contribution in [2.24, 2.45) is 0 Å². The largest absolute Gasteiger partial charge is 0.334 e. The van der Waals surface area contributed by atoms with Gasteiger partial charge in [-0.05, 0) is 17.0 Å². The first kappa shape index (κ1) is 12.6. The standard InChI is InChI=1S/C14H16N2OS/c1-16(11-13-8-5-9-18-13)14(17)15-10-12-6-3-2-4-7-12/h2-9H,10-11H2,1H3,(H,15,17). The second kappa shape index (κ2) is 6.21. The Bertz CT molecular complexity index is 482. The summed E-state index contributed by atoms with van der Waals surface area (Å²) in [4.78, 5) is 14.7. The van der Waals surface area contributed by atoms with E-state index in [1.165, 1.54) is 4.88 Å². The lowest BCUT2D eigenvalue weighted by Gasteiger charge is -2.17. The highest BCUT2D eigenvalue weighted by atomic mass is 32.1. The minimum atomic E-state index is -0.0488. The van der Waals surface area contributed by atoms with Gasteiger partial charge in [-0.1, -0.05) is 36.4 Å². The number of carbonyl (C=O) groups excluding carboxylic acids is 1. The van der Waals surface area contributed by atoms with Gasteiger partial charge in [-0.15, -0.1) is 11.3 Å². The summed E-state index contributed by atoms with van der Waals surface area (Å²) < 4.78 is 0. The molecule has 0 aliphatic heterocycles. The number of benzene rings is 1. The lowest BCUT2D eigenvalue weighted by molar-refractivity contribution is 0.207. The van der Waals surface area contributed by atoms with E-state index >= 15 is 0 Å². The molecule has 94 valence electrons. The number of hydrogen-bond donors (Lipinski definition) is 1. The first-order chi connectivity index (χ1) is 8.75. The molecule has 0 saturated carbocycles. The number of nitrogens with one attached hydrogen (secondary N) is 1. The number of thiophene rings is 1. The van der Waals surface area contributed by atoms with Crippen molar-refractivity contribution >= 4 is 17.4 Å². The minimum Gasteiger partial charge on any atom is -0.334 e. The first-order valence-corrected chi connectivity index (χ1v) is 6.69. The topological polar surface area (TPSA) is 32.3 Å². The van der Waals surface area contributed by atoms with E-state index in [1.54, 1.807) is 23.3 Å². The van der Waals surface area contributed by atoms with Crippen molar-refractivity contribution in [1.82, 2.24) is 10.2 Å². The zero-order valence-corrected chi connectivity index (χ0v) is 11.1. The Morgan fingerprint density at radius 3 is 2.67 bits per heavy atom. The monoisotopic (exact) mass is 260 g/mol. The van der Waals surface area contributed by atoms with Crippen LogP contribution < -0.4 is 5.32 Å². The summed E-state index contributed by atoms with van der Waals surface area (Å²) in [6.45, 7) is 1.22. The van der Waals surface area contributed by atoms with Crippen LogP contribution in [0.4, 0.5) is 4.79 Å². The van der Waals surface area contributed by atoms with Crippen molar-refractivity contribution in [2.45, 2.75) is 13.1 Å². The number of hydrogen-bond acceptors (Lipinski definition) is 2. The molecule has 0 aliphatic rings. The van der Waals surface area contributed by atoms with E-state index in [1.807, 2.05) is 47.8 Å². The summed E-state index contributed by atoms with van der Waals surface area (Å²) in [6, 6.07) is 13.9. The lowest BCUT2D eigenvalue weighted by atomic mass is 10.2. The number of amides is 2. The fraction of sp³-hybridized carbons (Fsp3) is 0.214. The first-order valence-electron chi connectivity index (χ1n) is 5.81. The molecule has 1 heterocycles. The van der Waals surface area contributed by atoms with Crippen LogP contribution in [0.1, 0.15) is 10.4 Å². The third kappa shape index (κ3) is 3.60. The predicted octanol–water partition coefficient (Wildman–Crippen LogP) is 3.09. The summed E-state index contributed by atoms with van der Waals surface area (Å²) >= 11 is 1.66. The van der Waals surface area contributed by atoms with Crippen molar-refractivity contribution in [3.63, 3.8) is 0 Å². The van der Waals surface area contributed by atoms with Gasteiger partial charge in [0.1, 0.15) is 0 Å². The molecule has 4 heteroatoms. The number of carbonyl (C=O) groups is 1. The summed E-state index contributed by atoms with van der Waals surface area (Å²) in [6.07, 6.45) is 0. The number of rotatable bonds is 4. The van der Waals surface area contributed by atoms with Gasteiger partial charge in [0.05, 0.1) is 6.54 Å². The zero-order chi connectivity index (χ0) is 12.8. The predicted molar refractivity (Wildman–Crippen MR) is 74.5 cm³/mol. The molecule has 1 N–H and O–H groups in total. The third-order valence-electron chi connectivity index (χ3n) is 2.61. The normalized spacial score (nSPS) is 10.1. The summed E-state index contributed by atoms with van der Waals surface area (Å²) in [7, 11) is 1.81. The Hall–Kier alpha value is -1.81. The smallest absolute Gasteiger partial charge is 0.317 e. The van der Waals surface area contributed by atoms with Crippen LogP contribution in [0.2, 0.25) is 0 Å². The maximum atomic E-state index is 11.9. The molecule has 0 bridgehead atoms. The Balaban J connectivity index is 1.81. The SMILES string of the molecule is CN(Cc1cccs1)C(=O)NCc1ccccc1. The van der Waals surface area contributed by atoms with Gasteiger partial charge in [-0.2, -0.15) is 0 Å². The Kier molecular flexibility index (Phi) is 4.36. The summed E-state index contributed by atoms with van der Waals surface area (Å²) in [5.41, 5.74) is 1.11. The van der Waals surface area contributed by atoms with Crippen molar-refractivity contribution in [2.75, 3.05) is 7.05 Å². The van der Waals surface area contributed by atoms with Crippen molar-refractivity contribution in [3.8, 4) is 0 Å². The molecule has 3 nitrogen and oxygen atoms in total. The van der Waals surface area contributed by atoms with Crippen LogP contribution in [-0.2, 0) is 13.1 Å². The van der Waals surface area contributed by atoms with E-state index in [4.69, 9.17) is 0 Å². The fourth-order valence-corrected chi connectivity index (χ4v) is 2.37. The second-order valence-corrected chi connectivity index (χ2v) is 5.11. The third-order valence-corrected chi connectivity index (χ3v) is 3.47. The van der Waals surface area contributed by atoms with Crippen LogP contribution in [0.5, 0.6) is 0 Å². The molecule has 2 rings (SSSR count). The van der Waals surface area contributed by atoms with Gasteiger partial charge in [-0.3, -0.25) is 0 Å². The van der Waals surface area contributed by atoms with E-state index in [0.29, 0.717) is 13.1 Å². The van der Waals surface area contributed by atoms with E-state index < -0.39 is 0 Å². The second-order valence-electron chi connectivity index (χ2n) is 4.08. The molecule has 0 saturated heterocycles. The van der Waals surface area contributed by atoms with Gasteiger partial charge in [0, 0.05) is 18.5 Å². The Morgan fingerprint density at radius 1 is 1.22 bits per heavy atom. The molecule has 0 unspecified atom stereocenters. The zero-order valence-electron chi connectivity index (χ0n) is 10.3. The summed E-state index contributed by atoms with van der Waals surface area (Å²) in [5, 5.41) is 4.92. The number of urea groups is 1. The Morgan fingerprint density at radius 2 is 2.00 bits per heavy atom. The molecule has 2 aromatic rings. The molecule has 18 heavy (non-hydrogen) atoms. The van der Waals surface area contributed by atoms with Crippen LogP contribution in [-0.4, -0.2) is 18.0 Å². The van der Waals surface area contributed by atoms with Gasteiger partial charge < -0.3 is 10.2 Å². The molecule has 0 radical (unpaired) electrons. The van der Waals surface area contributed by atoms with E-state index in [2.05, 4.69) is 5.32 Å². The molecule has 1 aromatic heterocycles. The van der Waals surface area contributed by atoms with Gasteiger partial charge in [-0.25, -0.2) is 4.79 Å². The maximum absolute atomic E-state index is 11.9. The molecule has 0 fully saturated rings. The van der Waals surface area contributed by atoms with Gasteiger partial charge in [0.2, 0.25) is 0 Å². The maximum Gasteiger partial charge on any atom is 0.317 e.